The number of aromatic nitrogens is 4. The van der Waals surface area contributed by atoms with Crippen molar-refractivity contribution in [2.24, 2.45) is 0 Å². The number of methoxy groups -OCH3 is 1. The average Bonchev–Trinajstić information content (AvgIpc) is 3.36. The third-order valence-electron chi connectivity index (χ3n) is 4.45. The van der Waals surface area contributed by atoms with E-state index in [0.717, 1.165) is 18.8 Å². The second-order valence-electron chi connectivity index (χ2n) is 6.00. The van der Waals surface area contributed by atoms with Crippen molar-refractivity contribution >= 4 is 0 Å². The van der Waals surface area contributed by atoms with Gasteiger partial charge < -0.3 is 14.2 Å². The molecule has 7 nitrogen and oxygen atoms in total. The summed E-state index contributed by atoms with van der Waals surface area (Å²) in [5, 5.41) is 3.91. The number of ether oxygens (including phenoxy) is 1. The van der Waals surface area contributed by atoms with E-state index >= 15 is 0 Å². The SMILES string of the molecule is CO[C@@H]1CC(c2ncc[nH]2)N(Cc2nc(-c3ccccc3F)no2)C1. The Morgan fingerprint density at radius 3 is 3.04 bits per heavy atom. The third-order valence-corrected chi connectivity index (χ3v) is 4.45. The molecule has 2 atom stereocenters. The molecule has 1 N–H and O–H groups in total. The molecular weight excluding hydrogens is 325 g/mol. The van der Waals surface area contributed by atoms with Crippen molar-refractivity contribution in [2.75, 3.05) is 13.7 Å². The van der Waals surface area contributed by atoms with Crippen molar-refractivity contribution in [3.8, 4) is 11.4 Å². The molecule has 1 saturated heterocycles. The number of imidazole rings is 1. The predicted octanol–water partition coefficient (Wildman–Crippen LogP) is 2.56. The van der Waals surface area contributed by atoms with Gasteiger partial charge in [-0.2, -0.15) is 4.98 Å². The molecule has 0 spiro atoms. The van der Waals surface area contributed by atoms with Gasteiger partial charge >= 0.3 is 0 Å². The van der Waals surface area contributed by atoms with Gasteiger partial charge in [0.05, 0.1) is 24.3 Å². The van der Waals surface area contributed by atoms with E-state index in [1.54, 1.807) is 37.7 Å². The van der Waals surface area contributed by atoms with Crippen LogP contribution in [0.1, 0.15) is 24.2 Å². The van der Waals surface area contributed by atoms with Crippen LogP contribution in [0.3, 0.4) is 0 Å². The molecule has 1 unspecified atom stereocenters. The van der Waals surface area contributed by atoms with Crippen LogP contribution in [0.25, 0.3) is 11.4 Å². The first-order chi connectivity index (χ1) is 12.2. The number of nitrogens with one attached hydrogen (secondary N) is 1. The van der Waals surface area contributed by atoms with Crippen LogP contribution < -0.4 is 0 Å². The molecule has 130 valence electrons. The first kappa shape index (κ1) is 15.9. The number of benzene rings is 1. The summed E-state index contributed by atoms with van der Waals surface area (Å²) in [6.07, 6.45) is 4.48. The van der Waals surface area contributed by atoms with E-state index in [4.69, 9.17) is 9.26 Å². The van der Waals surface area contributed by atoms with Crippen LogP contribution in [0.15, 0.2) is 41.2 Å². The van der Waals surface area contributed by atoms with Crippen molar-refractivity contribution in [1.29, 1.82) is 0 Å². The molecule has 1 fully saturated rings. The normalized spacial score (nSPS) is 21.0. The van der Waals surface area contributed by atoms with Gasteiger partial charge in [0, 0.05) is 26.0 Å². The van der Waals surface area contributed by atoms with Gasteiger partial charge in [-0.3, -0.25) is 4.90 Å². The second kappa shape index (κ2) is 6.73. The van der Waals surface area contributed by atoms with Gasteiger partial charge in [-0.05, 0) is 18.6 Å². The number of hydrogen-bond acceptors (Lipinski definition) is 6. The molecule has 0 radical (unpaired) electrons. The van der Waals surface area contributed by atoms with Crippen molar-refractivity contribution in [1.82, 2.24) is 25.0 Å². The van der Waals surface area contributed by atoms with E-state index in [2.05, 4.69) is 25.0 Å². The van der Waals surface area contributed by atoms with Crippen LogP contribution in [-0.4, -0.2) is 44.8 Å². The number of hydrogen-bond donors (Lipinski definition) is 1. The minimum atomic E-state index is -0.371. The van der Waals surface area contributed by atoms with Crippen LogP contribution in [0.2, 0.25) is 0 Å². The molecule has 3 aromatic rings. The molecule has 1 aliphatic rings. The number of halogens is 1. The fourth-order valence-corrected chi connectivity index (χ4v) is 3.20. The van der Waals surface area contributed by atoms with E-state index in [-0.39, 0.29) is 23.8 Å². The maximum atomic E-state index is 13.9. The molecule has 1 aromatic carbocycles. The topological polar surface area (TPSA) is 80.1 Å². The molecule has 1 aliphatic heterocycles. The zero-order chi connectivity index (χ0) is 17.2. The lowest BCUT2D eigenvalue weighted by molar-refractivity contribution is 0.105. The summed E-state index contributed by atoms with van der Waals surface area (Å²) in [6, 6.07) is 6.46. The summed E-state index contributed by atoms with van der Waals surface area (Å²) in [5.41, 5.74) is 0.330. The third kappa shape index (κ3) is 3.18. The molecule has 4 rings (SSSR count). The monoisotopic (exact) mass is 343 g/mol. The fraction of sp³-hybridized carbons (Fsp3) is 0.353. The number of nitrogens with zero attached hydrogens (tertiary/aromatic N) is 4. The Hall–Kier alpha value is -2.58. The number of aromatic amines is 1. The lowest BCUT2D eigenvalue weighted by Gasteiger charge is -2.20. The molecule has 0 aliphatic carbocycles. The van der Waals surface area contributed by atoms with E-state index in [1.807, 2.05) is 0 Å². The van der Waals surface area contributed by atoms with Gasteiger partial charge in [0.1, 0.15) is 11.6 Å². The summed E-state index contributed by atoms with van der Waals surface area (Å²) in [5.74, 6) is 1.20. The molecule has 2 aromatic heterocycles. The smallest absolute Gasteiger partial charge is 0.241 e. The number of likely N-dealkylation sites (tertiary alicyclic amines) is 1. The highest BCUT2D eigenvalue weighted by atomic mass is 19.1. The second-order valence-corrected chi connectivity index (χ2v) is 6.00. The van der Waals surface area contributed by atoms with E-state index < -0.39 is 0 Å². The van der Waals surface area contributed by atoms with Crippen molar-refractivity contribution in [2.45, 2.75) is 25.1 Å². The zero-order valence-corrected chi connectivity index (χ0v) is 13.7. The van der Waals surface area contributed by atoms with Crippen molar-refractivity contribution < 1.29 is 13.7 Å². The van der Waals surface area contributed by atoms with E-state index in [1.165, 1.54) is 6.07 Å². The first-order valence-electron chi connectivity index (χ1n) is 8.08. The summed E-state index contributed by atoms with van der Waals surface area (Å²) < 4.78 is 24.7. The Kier molecular flexibility index (Phi) is 4.29. The van der Waals surface area contributed by atoms with E-state index in [0.29, 0.717) is 18.0 Å². The predicted molar refractivity (Wildman–Crippen MR) is 86.8 cm³/mol. The van der Waals surface area contributed by atoms with Crippen LogP contribution in [0.5, 0.6) is 0 Å². The molecule has 0 amide bonds. The summed E-state index contributed by atoms with van der Waals surface area (Å²) in [6.45, 7) is 1.19. The standard InChI is InChI=1S/C17H18FN5O2/c1-24-11-8-14(17-19-6-7-20-17)23(9-11)10-15-21-16(22-25-15)12-4-2-3-5-13(12)18/h2-7,11,14H,8-10H2,1H3,(H,19,20)/t11-,14?/m1/s1. The first-order valence-corrected chi connectivity index (χ1v) is 8.08. The van der Waals surface area contributed by atoms with Gasteiger partial charge in [0.2, 0.25) is 11.7 Å². The largest absolute Gasteiger partial charge is 0.380 e. The van der Waals surface area contributed by atoms with Crippen LogP contribution in [0, 0.1) is 5.82 Å². The molecule has 8 heteroatoms. The lowest BCUT2D eigenvalue weighted by atomic mass is 10.2. The highest BCUT2D eigenvalue weighted by Gasteiger charge is 2.35. The zero-order valence-electron chi connectivity index (χ0n) is 13.7. The molecule has 3 heterocycles. The van der Waals surface area contributed by atoms with Crippen LogP contribution in [0.4, 0.5) is 4.39 Å². The summed E-state index contributed by atoms with van der Waals surface area (Å²) in [4.78, 5) is 14.0. The fourth-order valence-electron chi connectivity index (χ4n) is 3.20. The lowest BCUT2D eigenvalue weighted by Crippen LogP contribution is -2.25. The number of H-pyrrole nitrogens is 1. The van der Waals surface area contributed by atoms with Crippen molar-refractivity contribution in [3.63, 3.8) is 0 Å². The van der Waals surface area contributed by atoms with Crippen LogP contribution >= 0.6 is 0 Å². The quantitative estimate of drug-likeness (QED) is 0.767. The van der Waals surface area contributed by atoms with Gasteiger partial charge in [0.15, 0.2) is 0 Å². The maximum Gasteiger partial charge on any atom is 0.241 e. The van der Waals surface area contributed by atoms with Gasteiger partial charge in [-0.15, -0.1) is 0 Å². The molecule has 0 bridgehead atoms. The Bertz CT molecular complexity index is 835. The average molecular weight is 343 g/mol. The van der Waals surface area contributed by atoms with E-state index in [9.17, 15) is 4.39 Å². The van der Waals surface area contributed by atoms with Crippen molar-refractivity contribution in [3.05, 3.63) is 54.2 Å². The number of rotatable bonds is 5. The Morgan fingerprint density at radius 2 is 2.28 bits per heavy atom. The molecule has 25 heavy (non-hydrogen) atoms. The Balaban J connectivity index is 1.54. The minimum Gasteiger partial charge on any atom is -0.380 e. The summed E-state index contributed by atoms with van der Waals surface area (Å²) >= 11 is 0. The maximum absolute atomic E-state index is 13.9. The molecule has 0 saturated carbocycles. The summed E-state index contributed by atoms with van der Waals surface area (Å²) in [7, 11) is 1.70. The van der Waals surface area contributed by atoms with Gasteiger partial charge in [0.25, 0.3) is 0 Å². The molecular formula is C17H18FN5O2. The highest BCUT2D eigenvalue weighted by molar-refractivity contribution is 5.54. The minimum absolute atomic E-state index is 0.0868. The van der Waals surface area contributed by atoms with Gasteiger partial charge in [-0.25, -0.2) is 9.37 Å². The van der Waals surface area contributed by atoms with Gasteiger partial charge in [-0.1, -0.05) is 17.3 Å². The van der Waals surface area contributed by atoms with Crippen LogP contribution in [-0.2, 0) is 11.3 Å². The Morgan fingerprint density at radius 1 is 1.40 bits per heavy atom. The Labute approximate surface area is 143 Å². The highest BCUT2D eigenvalue weighted by Crippen LogP contribution is 2.32.